The molecule has 0 saturated heterocycles. The largest absolute Gasteiger partial charge is 0.490 e. The molecule has 0 atom stereocenters. The first kappa shape index (κ1) is 24.0. The van der Waals surface area contributed by atoms with E-state index in [1.54, 1.807) is 12.1 Å². The molecular formula is C24H38N2O4. The summed E-state index contributed by atoms with van der Waals surface area (Å²) in [6.45, 7) is 5.57. The number of ether oxygens (including phenoxy) is 2. The van der Waals surface area contributed by atoms with Gasteiger partial charge in [0.1, 0.15) is 0 Å². The van der Waals surface area contributed by atoms with Crippen molar-refractivity contribution in [2.75, 3.05) is 13.2 Å². The Kier molecular flexibility index (Phi) is 11.1. The summed E-state index contributed by atoms with van der Waals surface area (Å²) in [6, 6.07) is 3.27. The van der Waals surface area contributed by atoms with Gasteiger partial charge in [-0.3, -0.25) is 19.8 Å². The highest BCUT2D eigenvalue weighted by Gasteiger charge is 2.12. The summed E-state index contributed by atoms with van der Waals surface area (Å²) in [7, 11) is 0. The predicted octanol–water partition coefficient (Wildman–Crippen LogP) is 5.70. The molecule has 0 unspecified atom stereocenters. The molecule has 0 spiro atoms. The molecule has 0 saturated carbocycles. The average Bonchev–Trinajstić information content (AvgIpc) is 2.75. The molecule has 0 radical (unpaired) electrons. The van der Waals surface area contributed by atoms with Crippen LogP contribution in [0.25, 0.3) is 10.8 Å². The van der Waals surface area contributed by atoms with Crippen LogP contribution in [-0.2, 0) is 0 Å². The van der Waals surface area contributed by atoms with E-state index in [-0.39, 0.29) is 11.1 Å². The van der Waals surface area contributed by atoms with E-state index in [9.17, 15) is 9.59 Å². The Bertz CT molecular complexity index is 786. The molecule has 1 aromatic carbocycles. The van der Waals surface area contributed by atoms with Gasteiger partial charge in [-0.1, -0.05) is 78.1 Å². The third kappa shape index (κ3) is 7.88. The van der Waals surface area contributed by atoms with Crippen molar-refractivity contribution in [3.05, 3.63) is 32.8 Å². The van der Waals surface area contributed by atoms with Gasteiger partial charge in [-0.25, -0.2) is 0 Å². The van der Waals surface area contributed by atoms with E-state index in [0.29, 0.717) is 35.5 Å². The molecular weight excluding hydrogens is 380 g/mol. The smallest absolute Gasteiger partial charge is 0.270 e. The highest BCUT2D eigenvalue weighted by atomic mass is 16.5. The van der Waals surface area contributed by atoms with Gasteiger partial charge in [0.2, 0.25) is 0 Å². The minimum atomic E-state index is -0.337. The van der Waals surface area contributed by atoms with E-state index < -0.39 is 0 Å². The normalized spacial score (nSPS) is 11.1. The fraction of sp³-hybridized carbons (Fsp3) is 0.667. The van der Waals surface area contributed by atoms with Crippen LogP contribution in [0, 0.1) is 0 Å². The average molecular weight is 419 g/mol. The second-order valence-electron chi connectivity index (χ2n) is 7.99. The van der Waals surface area contributed by atoms with Crippen molar-refractivity contribution in [3.8, 4) is 11.5 Å². The van der Waals surface area contributed by atoms with Gasteiger partial charge < -0.3 is 9.47 Å². The summed E-state index contributed by atoms with van der Waals surface area (Å²) in [5.74, 6) is 1.08. The molecule has 1 heterocycles. The highest BCUT2D eigenvalue weighted by molar-refractivity contribution is 5.84. The molecule has 1 aromatic heterocycles. The molecule has 2 rings (SSSR count). The maximum atomic E-state index is 12.1. The lowest BCUT2D eigenvalue weighted by Gasteiger charge is -2.14. The van der Waals surface area contributed by atoms with E-state index >= 15 is 0 Å². The standard InChI is InChI=1S/C24H38N2O4/c1-3-5-7-9-11-13-15-29-21-17-19-20(24(28)26-25-23(19)27)18-22(21)30-16-14-12-10-8-6-4-2/h17-18H,3-16H2,1-2H3,(H,25,27)(H,26,28). The number of unbranched alkanes of at least 4 members (excludes halogenated alkanes) is 10. The fourth-order valence-corrected chi connectivity index (χ4v) is 3.54. The SMILES string of the molecule is CCCCCCCCOc1cc2c(=O)[nH][nH]c(=O)c2cc1OCCCCCCCC. The van der Waals surface area contributed by atoms with E-state index in [4.69, 9.17) is 9.47 Å². The molecule has 0 aliphatic rings. The number of hydrogen-bond donors (Lipinski definition) is 2. The molecule has 2 N–H and O–H groups in total. The van der Waals surface area contributed by atoms with Gasteiger partial charge in [0.05, 0.1) is 24.0 Å². The Morgan fingerprint density at radius 3 is 1.37 bits per heavy atom. The Morgan fingerprint density at radius 1 is 0.600 bits per heavy atom. The van der Waals surface area contributed by atoms with E-state index in [1.165, 1.54) is 51.4 Å². The zero-order valence-corrected chi connectivity index (χ0v) is 18.7. The molecule has 0 amide bonds. The lowest BCUT2D eigenvalue weighted by Crippen LogP contribution is -2.19. The molecule has 0 aliphatic heterocycles. The number of H-pyrrole nitrogens is 2. The van der Waals surface area contributed by atoms with Crippen LogP contribution < -0.4 is 20.6 Å². The second kappa shape index (κ2) is 13.9. The quantitative estimate of drug-likeness (QED) is 0.343. The number of hydrogen-bond acceptors (Lipinski definition) is 4. The van der Waals surface area contributed by atoms with E-state index in [0.717, 1.165) is 25.7 Å². The van der Waals surface area contributed by atoms with Gasteiger partial charge >= 0.3 is 0 Å². The lowest BCUT2D eigenvalue weighted by molar-refractivity contribution is 0.259. The Labute approximate surface area is 179 Å². The number of aromatic amines is 2. The molecule has 0 fully saturated rings. The molecule has 30 heavy (non-hydrogen) atoms. The molecule has 6 nitrogen and oxygen atoms in total. The van der Waals surface area contributed by atoms with Crippen LogP contribution >= 0.6 is 0 Å². The highest BCUT2D eigenvalue weighted by Crippen LogP contribution is 2.31. The number of aromatic nitrogens is 2. The summed E-state index contributed by atoms with van der Waals surface area (Å²) in [4.78, 5) is 24.3. The third-order valence-corrected chi connectivity index (χ3v) is 5.37. The van der Waals surface area contributed by atoms with Crippen LogP contribution in [0.3, 0.4) is 0 Å². The van der Waals surface area contributed by atoms with Gasteiger partial charge in [0, 0.05) is 0 Å². The molecule has 0 aliphatic carbocycles. The second-order valence-corrected chi connectivity index (χ2v) is 7.99. The van der Waals surface area contributed by atoms with Crippen LogP contribution in [0.2, 0.25) is 0 Å². The van der Waals surface area contributed by atoms with Crippen LogP contribution in [-0.4, -0.2) is 23.4 Å². The van der Waals surface area contributed by atoms with Crippen molar-refractivity contribution in [2.24, 2.45) is 0 Å². The summed E-state index contributed by atoms with van der Waals surface area (Å²) in [6.07, 6.45) is 14.2. The van der Waals surface area contributed by atoms with Crippen LogP contribution in [0.1, 0.15) is 90.9 Å². The van der Waals surface area contributed by atoms with Gasteiger partial charge in [-0.05, 0) is 25.0 Å². The summed E-state index contributed by atoms with van der Waals surface area (Å²) >= 11 is 0. The zero-order valence-electron chi connectivity index (χ0n) is 18.7. The van der Waals surface area contributed by atoms with Crippen LogP contribution in [0.4, 0.5) is 0 Å². The Hall–Kier alpha value is -2.24. The van der Waals surface area contributed by atoms with Crippen molar-refractivity contribution in [2.45, 2.75) is 90.9 Å². The summed E-state index contributed by atoms with van der Waals surface area (Å²) in [5, 5.41) is 5.39. The van der Waals surface area contributed by atoms with Gasteiger partial charge in [-0.2, -0.15) is 0 Å². The van der Waals surface area contributed by atoms with Gasteiger partial charge in [0.15, 0.2) is 11.5 Å². The topological polar surface area (TPSA) is 84.2 Å². The van der Waals surface area contributed by atoms with Crippen molar-refractivity contribution in [1.29, 1.82) is 0 Å². The van der Waals surface area contributed by atoms with Gasteiger partial charge in [-0.15, -0.1) is 0 Å². The first-order valence-corrected chi connectivity index (χ1v) is 11.7. The van der Waals surface area contributed by atoms with Crippen LogP contribution in [0.5, 0.6) is 11.5 Å². The van der Waals surface area contributed by atoms with E-state index in [1.807, 2.05) is 0 Å². The fourth-order valence-electron chi connectivity index (χ4n) is 3.54. The maximum Gasteiger partial charge on any atom is 0.270 e. The molecule has 0 bridgehead atoms. The molecule has 6 heteroatoms. The monoisotopic (exact) mass is 418 g/mol. The molecule has 2 aromatic rings. The van der Waals surface area contributed by atoms with Crippen molar-refractivity contribution < 1.29 is 9.47 Å². The molecule has 168 valence electrons. The minimum absolute atomic E-state index is 0.323. The minimum Gasteiger partial charge on any atom is -0.490 e. The maximum absolute atomic E-state index is 12.1. The lowest BCUT2D eigenvalue weighted by atomic mass is 10.1. The Balaban J connectivity index is 1.99. The first-order valence-electron chi connectivity index (χ1n) is 11.7. The number of rotatable bonds is 16. The van der Waals surface area contributed by atoms with Crippen molar-refractivity contribution in [1.82, 2.24) is 10.2 Å². The van der Waals surface area contributed by atoms with Crippen molar-refractivity contribution >= 4 is 10.8 Å². The summed E-state index contributed by atoms with van der Waals surface area (Å²) in [5.41, 5.74) is -0.673. The zero-order chi connectivity index (χ0) is 21.6. The summed E-state index contributed by atoms with van der Waals surface area (Å²) < 4.78 is 11.9. The first-order chi connectivity index (χ1) is 14.7. The number of benzene rings is 1. The van der Waals surface area contributed by atoms with Crippen LogP contribution in [0.15, 0.2) is 21.7 Å². The van der Waals surface area contributed by atoms with Crippen molar-refractivity contribution in [3.63, 3.8) is 0 Å². The number of nitrogens with one attached hydrogen (secondary N) is 2. The number of fused-ring (bicyclic) bond motifs is 1. The Morgan fingerprint density at radius 2 is 0.967 bits per heavy atom. The third-order valence-electron chi connectivity index (χ3n) is 5.37. The predicted molar refractivity (Wildman–Crippen MR) is 123 cm³/mol. The van der Waals surface area contributed by atoms with Gasteiger partial charge in [0.25, 0.3) is 11.1 Å². The van der Waals surface area contributed by atoms with E-state index in [2.05, 4.69) is 24.0 Å².